The molecule has 4 aliphatic rings. The van der Waals surface area contributed by atoms with Crippen LogP contribution >= 0.6 is 0 Å². The number of hydrogen-bond donors (Lipinski definition) is 1. The van der Waals surface area contributed by atoms with Crippen molar-refractivity contribution in [3.63, 3.8) is 0 Å². The summed E-state index contributed by atoms with van der Waals surface area (Å²) in [6.45, 7) is 5.07. The number of benzene rings is 3. The Balaban J connectivity index is 1.24. The van der Waals surface area contributed by atoms with Gasteiger partial charge in [-0.25, -0.2) is 0 Å². The third-order valence-corrected chi connectivity index (χ3v) is 9.33. The molecule has 3 aromatic rings. The van der Waals surface area contributed by atoms with Crippen LogP contribution in [0.2, 0.25) is 0 Å². The molecule has 10 nitrogen and oxygen atoms in total. The van der Waals surface area contributed by atoms with Gasteiger partial charge >= 0.3 is 5.97 Å². The topological polar surface area (TPSA) is 97.0 Å². The maximum Gasteiger partial charge on any atom is 0.310 e. The second kappa shape index (κ2) is 12.1. The van der Waals surface area contributed by atoms with Crippen molar-refractivity contribution in [3.05, 3.63) is 70.8 Å². The van der Waals surface area contributed by atoms with E-state index in [2.05, 4.69) is 40.5 Å². The Morgan fingerprint density at radius 2 is 1.55 bits per heavy atom. The summed E-state index contributed by atoms with van der Waals surface area (Å²) in [6.07, 6.45) is 0.986. The first-order valence-corrected chi connectivity index (χ1v) is 15.1. The molecule has 0 amide bonds. The Hall–Kier alpha value is -4.15. The highest BCUT2D eigenvalue weighted by Crippen LogP contribution is 2.56. The van der Waals surface area contributed by atoms with Gasteiger partial charge in [0, 0.05) is 37.2 Å². The monoisotopic (exact) mass is 602 g/mol. The summed E-state index contributed by atoms with van der Waals surface area (Å²) in [5.74, 6) is 1.81. The lowest BCUT2D eigenvalue weighted by molar-refractivity contribution is -0.141. The highest BCUT2D eigenvalue weighted by Gasteiger charge is 2.52. The van der Waals surface area contributed by atoms with Gasteiger partial charge in [-0.2, -0.15) is 0 Å². The normalized spacial score (nSPS) is 23.8. The van der Waals surface area contributed by atoms with Crippen LogP contribution in [0.4, 0.5) is 5.69 Å². The summed E-state index contributed by atoms with van der Waals surface area (Å²) in [5.41, 5.74) is 5.16. The van der Waals surface area contributed by atoms with Crippen LogP contribution in [0.5, 0.6) is 28.7 Å². The van der Waals surface area contributed by atoms with Gasteiger partial charge < -0.3 is 38.5 Å². The molecule has 3 heterocycles. The molecule has 10 heteroatoms. The molecule has 0 radical (unpaired) electrons. The third kappa shape index (κ3) is 5.16. The van der Waals surface area contributed by atoms with Crippen molar-refractivity contribution in [1.82, 2.24) is 4.90 Å². The molecule has 7 rings (SSSR count). The van der Waals surface area contributed by atoms with E-state index in [1.165, 1.54) is 5.56 Å². The fourth-order valence-electron chi connectivity index (χ4n) is 7.09. The number of morpholine rings is 1. The summed E-state index contributed by atoms with van der Waals surface area (Å²) < 4.78 is 39.8. The molecule has 0 unspecified atom stereocenters. The number of carbonyl (C=O) groups is 1. The van der Waals surface area contributed by atoms with Gasteiger partial charge in [-0.15, -0.1) is 0 Å². The van der Waals surface area contributed by atoms with Gasteiger partial charge in [0.25, 0.3) is 0 Å². The SMILES string of the molecule is COc1cc([C@@H]2c3cc4c(cc3[C@@H](Nc3ccc(CCN5CCOCC5)cc3)[C@H]3COC(=O)[C@H]23)OCO4)cc(OC)c1OC. The average Bonchev–Trinajstić information content (AvgIpc) is 3.69. The first-order valence-electron chi connectivity index (χ1n) is 15.1. The van der Waals surface area contributed by atoms with Gasteiger partial charge in [0.2, 0.25) is 12.5 Å². The number of carbonyl (C=O) groups excluding carboxylic acids is 1. The summed E-state index contributed by atoms with van der Waals surface area (Å²) in [5, 5.41) is 3.76. The van der Waals surface area contributed by atoms with E-state index in [0.29, 0.717) is 35.4 Å². The van der Waals surface area contributed by atoms with Crippen LogP contribution in [0.15, 0.2) is 48.5 Å². The number of ether oxygens (including phenoxy) is 7. The van der Waals surface area contributed by atoms with Crippen molar-refractivity contribution < 1.29 is 38.0 Å². The Bertz CT molecular complexity index is 1500. The molecule has 0 spiro atoms. The lowest BCUT2D eigenvalue weighted by atomic mass is 9.65. The fourth-order valence-corrected chi connectivity index (χ4v) is 7.09. The number of methoxy groups -OCH3 is 3. The van der Waals surface area contributed by atoms with Crippen LogP contribution in [-0.2, 0) is 20.7 Å². The molecule has 0 bridgehead atoms. The van der Waals surface area contributed by atoms with Crippen molar-refractivity contribution >= 4 is 11.7 Å². The zero-order valence-corrected chi connectivity index (χ0v) is 25.3. The van der Waals surface area contributed by atoms with Gasteiger partial charge in [0.15, 0.2) is 23.0 Å². The largest absolute Gasteiger partial charge is 0.493 e. The minimum Gasteiger partial charge on any atom is -0.493 e. The lowest BCUT2D eigenvalue weighted by Crippen LogP contribution is -2.37. The number of cyclic esters (lactones) is 1. The summed E-state index contributed by atoms with van der Waals surface area (Å²) in [6, 6.07) is 16.3. The number of nitrogens with zero attached hydrogens (tertiary/aromatic N) is 1. The molecule has 0 saturated carbocycles. The first kappa shape index (κ1) is 28.6. The smallest absolute Gasteiger partial charge is 0.310 e. The average molecular weight is 603 g/mol. The molecule has 4 atom stereocenters. The second-order valence-electron chi connectivity index (χ2n) is 11.6. The van der Waals surface area contributed by atoms with E-state index in [1.54, 1.807) is 21.3 Å². The maximum absolute atomic E-state index is 13.5. The summed E-state index contributed by atoms with van der Waals surface area (Å²) in [7, 11) is 4.76. The van der Waals surface area contributed by atoms with E-state index >= 15 is 0 Å². The summed E-state index contributed by atoms with van der Waals surface area (Å²) >= 11 is 0. The molecule has 3 aliphatic heterocycles. The molecule has 2 fully saturated rings. The minimum atomic E-state index is -0.434. The molecule has 44 heavy (non-hydrogen) atoms. The van der Waals surface area contributed by atoms with Crippen LogP contribution in [0.25, 0.3) is 0 Å². The van der Waals surface area contributed by atoms with Crippen LogP contribution in [0.3, 0.4) is 0 Å². The van der Waals surface area contributed by atoms with Gasteiger partial charge in [0.1, 0.15) is 0 Å². The van der Waals surface area contributed by atoms with Gasteiger partial charge in [-0.05, 0) is 65.1 Å². The molecule has 2 saturated heterocycles. The van der Waals surface area contributed by atoms with Crippen molar-refractivity contribution in [2.45, 2.75) is 18.4 Å². The molecular weight excluding hydrogens is 564 g/mol. The zero-order valence-electron chi connectivity index (χ0n) is 25.3. The van der Waals surface area contributed by atoms with E-state index < -0.39 is 5.92 Å². The first-order chi connectivity index (χ1) is 21.6. The van der Waals surface area contributed by atoms with Crippen molar-refractivity contribution in [3.8, 4) is 28.7 Å². The van der Waals surface area contributed by atoms with Crippen molar-refractivity contribution in [2.24, 2.45) is 11.8 Å². The number of anilines is 1. The highest BCUT2D eigenvalue weighted by molar-refractivity contribution is 5.79. The number of fused-ring (bicyclic) bond motifs is 3. The predicted octanol–water partition coefficient (Wildman–Crippen LogP) is 4.40. The Morgan fingerprint density at radius 3 is 2.20 bits per heavy atom. The fraction of sp³-hybridized carbons (Fsp3) is 0.441. The van der Waals surface area contributed by atoms with E-state index in [4.69, 9.17) is 33.2 Å². The number of rotatable bonds is 9. The molecule has 232 valence electrons. The van der Waals surface area contributed by atoms with E-state index in [1.807, 2.05) is 18.2 Å². The zero-order chi connectivity index (χ0) is 30.2. The molecular formula is C34H38N2O8. The van der Waals surface area contributed by atoms with Crippen LogP contribution in [0.1, 0.15) is 34.2 Å². The molecule has 1 aliphatic carbocycles. The highest BCUT2D eigenvalue weighted by atomic mass is 16.7. The van der Waals surface area contributed by atoms with E-state index in [9.17, 15) is 4.79 Å². The molecule has 1 N–H and O–H groups in total. The van der Waals surface area contributed by atoms with E-state index in [-0.39, 0.29) is 30.6 Å². The molecule has 3 aromatic carbocycles. The third-order valence-electron chi connectivity index (χ3n) is 9.33. The Labute approximate surface area is 257 Å². The van der Waals surface area contributed by atoms with Crippen LogP contribution in [-0.4, -0.2) is 78.4 Å². The predicted molar refractivity (Wildman–Crippen MR) is 162 cm³/mol. The van der Waals surface area contributed by atoms with E-state index in [0.717, 1.165) is 61.6 Å². The second-order valence-corrected chi connectivity index (χ2v) is 11.6. The maximum atomic E-state index is 13.5. The van der Waals surface area contributed by atoms with Crippen LogP contribution < -0.4 is 29.0 Å². The van der Waals surface area contributed by atoms with Crippen LogP contribution in [0, 0.1) is 11.8 Å². The lowest BCUT2D eigenvalue weighted by Gasteiger charge is -2.40. The number of nitrogens with one attached hydrogen (secondary N) is 1. The summed E-state index contributed by atoms with van der Waals surface area (Å²) in [4.78, 5) is 16.0. The standard InChI is InChI=1S/C34H38N2O8/c1-38-28-14-21(15-29(39-2)33(28)40-3)30-23-16-26-27(44-19-43-26)17-24(23)32(25-18-42-34(37)31(25)30)35-22-6-4-20(5-7-22)8-9-36-10-12-41-13-11-36/h4-7,14-17,25,30-32,35H,8-13,18-19H2,1-3H3/t25-,30+,31-,32+/m0/s1. The number of hydrogen-bond acceptors (Lipinski definition) is 10. The van der Waals surface area contributed by atoms with Gasteiger partial charge in [-0.1, -0.05) is 12.1 Å². The Morgan fingerprint density at radius 1 is 0.864 bits per heavy atom. The van der Waals surface area contributed by atoms with Crippen molar-refractivity contribution in [1.29, 1.82) is 0 Å². The molecule has 0 aromatic heterocycles. The van der Waals surface area contributed by atoms with Gasteiger partial charge in [0.05, 0.1) is 53.1 Å². The Kier molecular flexibility index (Phi) is 7.86. The quantitative estimate of drug-likeness (QED) is 0.355. The van der Waals surface area contributed by atoms with Crippen molar-refractivity contribution in [2.75, 3.05) is 72.9 Å². The van der Waals surface area contributed by atoms with Gasteiger partial charge in [-0.3, -0.25) is 9.69 Å². The number of esters is 1. The minimum absolute atomic E-state index is 0.125.